The van der Waals surface area contributed by atoms with Gasteiger partial charge in [-0.3, -0.25) is 9.97 Å². The zero-order chi connectivity index (χ0) is 11.0. The van der Waals surface area contributed by atoms with Crippen molar-refractivity contribution in [1.29, 1.82) is 0 Å². The summed E-state index contributed by atoms with van der Waals surface area (Å²) in [6.07, 6.45) is 3.37. The Bertz CT molecular complexity index is 652. The van der Waals surface area contributed by atoms with Crippen LogP contribution >= 0.6 is 27.3 Å². The highest BCUT2D eigenvalue weighted by Gasteiger charge is 2.06. The number of hydrogen-bond acceptors (Lipinski definition) is 5. The van der Waals surface area contributed by atoms with Crippen LogP contribution in [0.15, 0.2) is 34.5 Å². The summed E-state index contributed by atoms with van der Waals surface area (Å²) in [4.78, 5) is 8.47. The number of nitrogens with zero attached hydrogens (tertiary/aromatic N) is 4. The van der Waals surface area contributed by atoms with Gasteiger partial charge in [-0.2, -0.15) is 0 Å². The lowest BCUT2D eigenvalue weighted by Gasteiger charge is -1.97. The van der Waals surface area contributed by atoms with Crippen LogP contribution in [0.5, 0.6) is 0 Å². The predicted octanol–water partition coefficient (Wildman–Crippen LogP) is 2.91. The SMILES string of the molecule is Brc1nnc(-c2ccc3nccnc3c2)s1. The minimum absolute atomic E-state index is 0.779. The zero-order valence-corrected chi connectivity index (χ0v) is 10.4. The van der Waals surface area contributed by atoms with E-state index in [-0.39, 0.29) is 0 Å². The largest absolute Gasteiger partial charge is 0.253 e. The van der Waals surface area contributed by atoms with Crippen molar-refractivity contribution in [3.63, 3.8) is 0 Å². The molecule has 0 aliphatic carbocycles. The van der Waals surface area contributed by atoms with Crippen LogP contribution in [0.25, 0.3) is 21.6 Å². The fraction of sp³-hybridized carbons (Fsp3) is 0. The molecule has 3 aromatic rings. The van der Waals surface area contributed by atoms with Gasteiger partial charge in [-0.25, -0.2) is 0 Å². The van der Waals surface area contributed by atoms with E-state index in [0.29, 0.717) is 0 Å². The molecular weight excluding hydrogens is 288 g/mol. The van der Waals surface area contributed by atoms with Gasteiger partial charge >= 0.3 is 0 Å². The molecule has 0 radical (unpaired) electrons. The molecule has 0 saturated carbocycles. The van der Waals surface area contributed by atoms with E-state index >= 15 is 0 Å². The first-order valence-electron chi connectivity index (χ1n) is 4.53. The molecule has 3 rings (SSSR count). The Labute approximate surface area is 104 Å². The smallest absolute Gasteiger partial charge is 0.183 e. The lowest BCUT2D eigenvalue weighted by atomic mass is 10.2. The van der Waals surface area contributed by atoms with Crippen molar-refractivity contribution in [2.75, 3.05) is 0 Å². The molecule has 4 nitrogen and oxygen atoms in total. The molecule has 78 valence electrons. The number of aromatic nitrogens is 4. The quantitative estimate of drug-likeness (QED) is 0.692. The lowest BCUT2D eigenvalue weighted by Crippen LogP contribution is -1.83. The van der Waals surface area contributed by atoms with Gasteiger partial charge in [-0.15, -0.1) is 10.2 Å². The fourth-order valence-electron chi connectivity index (χ4n) is 1.42. The second-order valence-corrected chi connectivity index (χ2v) is 5.37. The predicted molar refractivity (Wildman–Crippen MR) is 66.1 cm³/mol. The monoisotopic (exact) mass is 292 g/mol. The Hall–Kier alpha value is -1.40. The molecule has 1 aromatic carbocycles. The molecule has 16 heavy (non-hydrogen) atoms. The van der Waals surface area contributed by atoms with Gasteiger partial charge < -0.3 is 0 Å². The maximum Gasteiger partial charge on any atom is 0.183 e. The average Bonchev–Trinajstić information content (AvgIpc) is 2.75. The summed E-state index contributed by atoms with van der Waals surface area (Å²) in [6.45, 7) is 0. The Morgan fingerprint density at radius 1 is 1.00 bits per heavy atom. The van der Waals surface area contributed by atoms with Crippen molar-refractivity contribution in [1.82, 2.24) is 20.2 Å². The molecule has 2 heterocycles. The van der Waals surface area contributed by atoms with E-state index in [9.17, 15) is 0 Å². The maximum atomic E-state index is 4.26. The van der Waals surface area contributed by atoms with Crippen molar-refractivity contribution in [3.8, 4) is 10.6 Å². The molecule has 2 aromatic heterocycles. The third kappa shape index (κ3) is 1.70. The molecule has 0 fully saturated rings. The molecule has 6 heteroatoms. The summed E-state index contributed by atoms with van der Waals surface area (Å²) in [5.74, 6) is 0. The van der Waals surface area contributed by atoms with Crippen molar-refractivity contribution in [2.24, 2.45) is 0 Å². The van der Waals surface area contributed by atoms with Gasteiger partial charge in [0.2, 0.25) is 0 Å². The van der Waals surface area contributed by atoms with Crippen molar-refractivity contribution in [2.45, 2.75) is 0 Å². The number of halogens is 1. The Kier molecular flexibility index (Phi) is 2.37. The van der Waals surface area contributed by atoms with E-state index in [1.165, 1.54) is 11.3 Å². The normalized spacial score (nSPS) is 10.8. The molecule has 0 bridgehead atoms. The second kappa shape index (κ2) is 3.88. The fourth-order valence-corrected chi connectivity index (χ4v) is 2.53. The van der Waals surface area contributed by atoms with E-state index in [1.54, 1.807) is 12.4 Å². The van der Waals surface area contributed by atoms with E-state index < -0.39 is 0 Å². The molecule has 0 amide bonds. The maximum absolute atomic E-state index is 4.26. The number of benzene rings is 1. The van der Waals surface area contributed by atoms with Crippen LogP contribution in [0.3, 0.4) is 0 Å². The van der Waals surface area contributed by atoms with E-state index in [4.69, 9.17) is 0 Å². The highest BCUT2D eigenvalue weighted by atomic mass is 79.9. The minimum Gasteiger partial charge on any atom is -0.253 e. The van der Waals surface area contributed by atoms with Gasteiger partial charge in [0.15, 0.2) is 3.92 Å². The van der Waals surface area contributed by atoms with Crippen LogP contribution in [0.4, 0.5) is 0 Å². The lowest BCUT2D eigenvalue weighted by molar-refractivity contribution is 1.08. The Morgan fingerprint density at radius 2 is 1.81 bits per heavy atom. The first-order chi connectivity index (χ1) is 7.83. The zero-order valence-electron chi connectivity index (χ0n) is 7.96. The molecule has 0 aliphatic rings. The number of fused-ring (bicyclic) bond motifs is 1. The highest BCUT2D eigenvalue weighted by Crippen LogP contribution is 2.27. The third-order valence-electron chi connectivity index (χ3n) is 2.12. The molecule has 0 saturated heterocycles. The molecule has 0 aliphatic heterocycles. The van der Waals surface area contributed by atoms with Crippen LogP contribution in [0, 0.1) is 0 Å². The number of rotatable bonds is 1. The van der Waals surface area contributed by atoms with Gasteiger partial charge in [0.05, 0.1) is 11.0 Å². The van der Waals surface area contributed by atoms with Crippen LogP contribution in [0.1, 0.15) is 0 Å². The number of hydrogen-bond donors (Lipinski definition) is 0. The summed E-state index contributed by atoms with van der Waals surface area (Å²) in [6, 6.07) is 5.88. The molecule has 0 N–H and O–H groups in total. The van der Waals surface area contributed by atoms with Gasteiger partial charge in [-0.1, -0.05) is 11.3 Å². The van der Waals surface area contributed by atoms with Crippen LogP contribution in [0.2, 0.25) is 0 Å². The molecule has 0 unspecified atom stereocenters. The average molecular weight is 293 g/mol. The topological polar surface area (TPSA) is 51.6 Å². The van der Waals surface area contributed by atoms with E-state index in [0.717, 1.165) is 25.5 Å². The second-order valence-electron chi connectivity index (χ2n) is 3.12. The van der Waals surface area contributed by atoms with E-state index in [2.05, 4.69) is 36.1 Å². The van der Waals surface area contributed by atoms with Gasteiger partial charge in [0.1, 0.15) is 5.01 Å². The Balaban J connectivity index is 2.18. The highest BCUT2D eigenvalue weighted by molar-refractivity contribution is 9.11. The summed E-state index contributed by atoms with van der Waals surface area (Å²) < 4.78 is 0.779. The van der Waals surface area contributed by atoms with E-state index in [1.807, 2.05) is 18.2 Å². The minimum atomic E-state index is 0.779. The molecular formula is C10H5BrN4S. The van der Waals surface area contributed by atoms with Crippen molar-refractivity contribution >= 4 is 38.3 Å². The standard InChI is InChI=1S/C10H5BrN4S/c11-10-15-14-9(16-10)6-1-2-7-8(5-6)13-4-3-12-7/h1-5H. The summed E-state index contributed by atoms with van der Waals surface area (Å²) in [5.41, 5.74) is 2.76. The van der Waals surface area contributed by atoms with Gasteiger partial charge in [0.25, 0.3) is 0 Å². The summed E-state index contributed by atoms with van der Waals surface area (Å²) in [5, 5.41) is 8.86. The van der Waals surface area contributed by atoms with Gasteiger partial charge in [-0.05, 0) is 34.1 Å². The van der Waals surface area contributed by atoms with Gasteiger partial charge in [0, 0.05) is 18.0 Å². The van der Waals surface area contributed by atoms with Crippen molar-refractivity contribution in [3.05, 3.63) is 34.5 Å². The van der Waals surface area contributed by atoms with Crippen molar-refractivity contribution < 1.29 is 0 Å². The first kappa shape index (κ1) is 9.80. The Morgan fingerprint density at radius 3 is 2.56 bits per heavy atom. The first-order valence-corrected chi connectivity index (χ1v) is 6.14. The van der Waals surface area contributed by atoms with Crippen LogP contribution in [-0.2, 0) is 0 Å². The molecule has 0 atom stereocenters. The van der Waals surface area contributed by atoms with Crippen LogP contribution < -0.4 is 0 Å². The molecule has 0 spiro atoms. The summed E-state index contributed by atoms with van der Waals surface area (Å²) in [7, 11) is 0. The summed E-state index contributed by atoms with van der Waals surface area (Å²) >= 11 is 4.79. The van der Waals surface area contributed by atoms with Crippen LogP contribution in [-0.4, -0.2) is 20.2 Å². The third-order valence-corrected chi connectivity index (χ3v) is 3.52.